The van der Waals surface area contributed by atoms with Crippen LogP contribution in [0.4, 0.5) is 8.78 Å². The molecular weight excluding hydrogens is 302 g/mol. The van der Waals surface area contributed by atoms with Gasteiger partial charge in [0.2, 0.25) is 0 Å². The van der Waals surface area contributed by atoms with Gasteiger partial charge < -0.3 is 0 Å². The SMILES string of the molecule is O=C(NNS(=O)(=O)c1cc(F)cc(F)c1)c1ccccc1. The second kappa shape index (κ2) is 5.98. The van der Waals surface area contributed by atoms with E-state index in [1.54, 1.807) is 23.0 Å². The molecule has 0 heterocycles. The van der Waals surface area contributed by atoms with Crippen LogP contribution in [0.1, 0.15) is 10.4 Å². The van der Waals surface area contributed by atoms with Crippen molar-refractivity contribution in [2.45, 2.75) is 4.90 Å². The first-order chi connectivity index (χ1) is 9.88. The smallest absolute Gasteiger partial charge is 0.266 e. The molecule has 5 nitrogen and oxygen atoms in total. The number of rotatable bonds is 4. The average molecular weight is 312 g/mol. The van der Waals surface area contributed by atoms with Crippen LogP contribution >= 0.6 is 0 Å². The van der Waals surface area contributed by atoms with Gasteiger partial charge in [0, 0.05) is 11.6 Å². The number of hydrogen-bond donors (Lipinski definition) is 2. The maximum absolute atomic E-state index is 13.0. The number of halogens is 2. The number of sulfonamides is 1. The number of amides is 1. The number of carbonyl (C=O) groups excluding carboxylic acids is 1. The van der Waals surface area contributed by atoms with E-state index in [0.29, 0.717) is 18.2 Å². The van der Waals surface area contributed by atoms with Crippen LogP contribution in [0.3, 0.4) is 0 Å². The predicted molar refractivity (Wildman–Crippen MR) is 70.6 cm³/mol. The monoisotopic (exact) mass is 312 g/mol. The quantitative estimate of drug-likeness (QED) is 0.842. The van der Waals surface area contributed by atoms with Gasteiger partial charge in [-0.25, -0.2) is 17.2 Å². The molecule has 0 bridgehead atoms. The predicted octanol–water partition coefficient (Wildman–Crippen LogP) is 1.59. The van der Waals surface area contributed by atoms with Gasteiger partial charge in [-0.2, -0.15) is 0 Å². The third-order valence-corrected chi connectivity index (χ3v) is 3.71. The van der Waals surface area contributed by atoms with E-state index < -0.39 is 32.5 Å². The molecule has 2 aromatic carbocycles. The first-order valence-corrected chi connectivity index (χ1v) is 7.20. The molecule has 0 aliphatic carbocycles. The lowest BCUT2D eigenvalue weighted by Crippen LogP contribution is -2.41. The zero-order valence-corrected chi connectivity index (χ0v) is 11.3. The molecule has 2 aromatic rings. The molecule has 0 aromatic heterocycles. The largest absolute Gasteiger partial charge is 0.273 e. The van der Waals surface area contributed by atoms with Gasteiger partial charge in [0.1, 0.15) is 11.6 Å². The molecule has 110 valence electrons. The molecule has 2 rings (SSSR count). The molecule has 0 radical (unpaired) electrons. The van der Waals surface area contributed by atoms with E-state index in [2.05, 4.69) is 0 Å². The normalized spacial score (nSPS) is 11.1. The first-order valence-electron chi connectivity index (χ1n) is 5.72. The summed E-state index contributed by atoms with van der Waals surface area (Å²) in [5.41, 5.74) is 2.18. The molecule has 0 unspecified atom stereocenters. The number of carbonyl (C=O) groups is 1. The maximum Gasteiger partial charge on any atom is 0.266 e. The fourth-order valence-electron chi connectivity index (χ4n) is 1.52. The highest BCUT2D eigenvalue weighted by Crippen LogP contribution is 2.12. The number of hydrazine groups is 1. The Morgan fingerprint density at radius 3 is 2.10 bits per heavy atom. The lowest BCUT2D eigenvalue weighted by atomic mass is 10.2. The van der Waals surface area contributed by atoms with Crippen molar-refractivity contribution in [3.8, 4) is 0 Å². The zero-order valence-electron chi connectivity index (χ0n) is 10.5. The van der Waals surface area contributed by atoms with E-state index in [1.807, 2.05) is 5.43 Å². The van der Waals surface area contributed by atoms with E-state index in [9.17, 15) is 22.0 Å². The number of benzene rings is 2. The minimum atomic E-state index is -4.27. The van der Waals surface area contributed by atoms with Gasteiger partial charge in [-0.1, -0.05) is 18.2 Å². The highest BCUT2D eigenvalue weighted by Gasteiger charge is 2.17. The molecule has 1 amide bonds. The van der Waals surface area contributed by atoms with Crippen LogP contribution in [-0.2, 0) is 10.0 Å². The summed E-state index contributed by atoms with van der Waals surface area (Å²) in [5.74, 6) is -2.77. The van der Waals surface area contributed by atoms with Gasteiger partial charge in [0.25, 0.3) is 15.9 Å². The van der Waals surface area contributed by atoms with Crippen LogP contribution in [-0.4, -0.2) is 14.3 Å². The van der Waals surface area contributed by atoms with Gasteiger partial charge in [-0.05, 0) is 24.3 Å². The van der Waals surface area contributed by atoms with Crippen molar-refractivity contribution in [1.82, 2.24) is 10.3 Å². The average Bonchev–Trinajstić information content (AvgIpc) is 2.45. The van der Waals surface area contributed by atoms with E-state index in [1.165, 1.54) is 12.1 Å². The molecular formula is C13H10F2N2O3S. The van der Waals surface area contributed by atoms with Gasteiger partial charge in [-0.3, -0.25) is 10.2 Å². The van der Waals surface area contributed by atoms with Crippen molar-refractivity contribution >= 4 is 15.9 Å². The second-order valence-electron chi connectivity index (χ2n) is 4.03. The standard InChI is InChI=1S/C13H10F2N2O3S/c14-10-6-11(15)8-12(7-10)21(19,20)17-16-13(18)9-4-2-1-3-5-9/h1-8,17H,(H,16,18). The highest BCUT2D eigenvalue weighted by molar-refractivity contribution is 7.89. The van der Waals surface area contributed by atoms with Crippen LogP contribution < -0.4 is 10.3 Å². The van der Waals surface area contributed by atoms with Gasteiger partial charge in [0.05, 0.1) is 4.90 Å². The minimum Gasteiger partial charge on any atom is -0.273 e. The Bertz CT molecular complexity index is 744. The van der Waals surface area contributed by atoms with Crippen molar-refractivity contribution in [2.75, 3.05) is 0 Å². The highest BCUT2D eigenvalue weighted by atomic mass is 32.2. The summed E-state index contributed by atoms with van der Waals surface area (Å²) < 4.78 is 49.6. The summed E-state index contributed by atoms with van der Waals surface area (Å²) in [6.45, 7) is 0. The second-order valence-corrected chi connectivity index (χ2v) is 5.71. The molecule has 0 saturated heterocycles. The summed E-state index contributed by atoms with van der Waals surface area (Å²) in [4.78, 5) is 12.8. The Balaban J connectivity index is 2.13. The Kier molecular flexibility index (Phi) is 4.29. The lowest BCUT2D eigenvalue weighted by molar-refractivity contribution is 0.0945. The molecule has 0 fully saturated rings. The van der Waals surface area contributed by atoms with Crippen molar-refractivity contribution < 1.29 is 22.0 Å². The Hall–Kier alpha value is -2.32. The molecule has 21 heavy (non-hydrogen) atoms. The van der Waals surface area contributed by atoms with Crippen LogP contribution in [0, 0.1) is 11.6 Å². The van der Waals surface area contributed by atoms with Crippen LogP contribution in [0.15, 0.2) is 53.4 Å². The van der Waals surface area contributed by atoms with Crippen molar-refractivity contribution in [3.63, 3.8) is 0 Å². The van der Waals surface area contributed by atoms with Crippen molar-refractivity contribution in [3.05, 3.63) is 65.7 Å². The molecule has 0 atom stereocenters. The molecule has 0 saturated carbocycles. The number of hydrogen-bond acceptors (Lipinski definition) is 3. The molecule has 0 aliphatic heterocycles. The van der Waals surface area contributed by atoms with Crippen molar-refractivity contribution in [2.24, 2.45) is 0 Å². The van der Waals surface area contributed by atoms with Crippen molar-refractivity contribution in [1.29, 1.82) is 0 Å². The molecule has 8 heteroatoms. The summed E-state index contributed by atoms with van der Waals surface area (Å²) in [6, 6.07) is 9.67. The minimum absolute atomic E-state index is 0.227. The zero-order chi connectivity index (χ0) is 15.5. The van der Waals surface area contributed by atoms with E-state index in [-0.39, 0.29) is 5.56 Å². The summed E-state index contributed by atoms with van der Waals surface area (Å²) in [7, 11) is -4.27. The summed E-state index contributed by atoms with van der Waals surface area (Å²) >= 11 is 0. The summed E-state index contributed by atoms with van der Waals surface area (Å²) in [5, 5.41) is 0. The maximum atomic E-state index is 13.0. The van der Waals surface area contributed by atoms with Gasteiger partial charge in [-0.15, -0.1) is 4.83 Å². The number of nitrogens with one attached hydrogen (secondary N) is 2. The van der Waals surface area contributed by atoms with E-state index in [4.69, 9.17) is 0 Å². The van der Waals surface area contributed by atoms with Gasteiger partial charge in [0.15, 0.2) is 0 Å². The first kappa shape index (κ1) is 15.1. The third kappa shape index (κ3) is 3.83. The van der Waals surface area contributed by atoms with Crippen LogP contribution in [0.25, 0.3) is 0 Å². The summed E-state index contributed by atoms with van der Waals surface area (Å²) in [6.07, 6.45) is 0. The van der Waals surface area contributed by atoms with E-state index >= 15 is 0 Å². The Morgan fingerprint density at radius 2 is 1.52 bits per heavy atom. The molecule has 2 N–H and O–H groups in total. The van der Waals surface area contributed by atoms with Crippen LogP contribution in [0.5, 0.6) is 0 Å². The lowest BCUT2D eigenvalue weighted by Gasteiger charge is -2.08. The van der Waals surface area contributed by atoms with Gasteiger partial charge >= 0.3 is 0 Å². The molecule has 0 aliphatic rings. The fourth-order valence-corrected chi connectivity index (χ4v) is 2.40. The Labute approximate surface area is 119 Å². The fraction of sp³-hybridized carbons (Fsp3) is 0. The molecule has 0 spiro atoms. The van der Waals surface area contributed by atoms with E-state index in [0.717, 1.165) is 0 Å². The Morgan fingerprint density at radius 1 is 0.952 bits per heavy atom. The van der Waals surface area contributed by atoms with Crippen LogP contribution in [0.2, 0.25) is 0 Å². The topological polar surface area (TPSA) is 75.3 Å². The third-order valence-electron chi connectivity index (χ3n) is 2.48.